The van der Waals surface area contributed by atoms with Crippen LogP contribution in [-0.2, 0) is 9.53 Å². The van der Waals surface area contributed by atoms with Crippen molar-refractivity contribution >= 4 is 5.97 Å². The van der Waals surface area contributed by atoms with Crippen LogP contribution in [0.3, 0.4) is 0 Å². The number of rotatable bonds is 1. The zero-order chi connectivity index (χ0) is 9.49. The maximum Gasteiger partial charge on any atom is 0.330 e. The molecule has 0 aliphatic carbocycles. The molecule has 0 rings (SSSR count). The van der Waals surface area contributed by atoms with Crippen molar-refractivity contribution in [2.24, 2.45) is 11.7 Å². The van der Waals surface area contributed by atoms with Crippen LogP contribution < -0.4 is 11.7 Å². The first-order valence-electron chi connectivity index (χ1n) is 3.14. The highest BCUT2D eigenvalue weighted by atomic mass is 16.6. The summed E-state index contributed by atoms with van der Waals surface area (Å²) in [5.74, 6) is 7.63. The van der Waals surface area contributed by atoms with Gasteiger partial charge in [0.15, 0.2) is 0 Å². The molecule has 4 nitrogen and oxygen atoms in total. The molecule has 0 aromatic heterocycles. The highest BCUT2D eigenvalue weighted by Crippen LogP contribution is 2.06. The van der Waals surface area contributed by atoms with Crippen LogP contribution in [0.4, 0.5) is 0 Å². The first kappa shape index (κ1) is 12.8. The zero-order valence-corrected chi connectivity index (χ0v) is 7.26. The van der Waals surface area contributed by atoms with Crippen molar-refractivity contribution in [3.8, 4) is 0 Å². The van der Waals surface area contributed by atoms with Gasteiger partial charge in [0.1, 0.15) is 5.60 Å². The van der Waals surface area contributed by atoms with Gasteiger partial charge in [-0.25, -0.2) is 4.79 Å². The third-order valence-electron chi connectivity index (χ3n) is 0.573. The maximum atomic E-state index is 10.5. The lowest BCUT2D eigenvalue weighted by atomic mass is 10.2. The molecule has 0 aliphatic heterocycles. The first-order chi connectivity index (χ1) is 4.95. The van der Waals surface area contributed by atoms with Crippen LogP contribution in [0, 0.1) is 0 Å². The number of hydrogen-bond acceptors (Lipinski definition) is 4. The molecule has 4 heteroatoms. The third kappa shape index (κ3) is 12.4. The number of hydrazine groups is 1. The van der Waals surface area contributed by atoms with E-state index in [1.54, 1.807) is 0 Å². The van der Waals surface area contributed by atoms with Gasteiger partial charge >= 0.3 is 5.97 Å². The SMILES string of the molecule is C=CC(=O)OC(C)(C)C.NN. The summed E-state index contributed by atoms with van der Waals surface area (Å²) in [4.78, 5) is 10.5. The van der Waals surface area contributed by atoms with Crippen molar-refractivity contribution in [2.45, 2.75) is 26.4 Å². The molecule has 0 bridgehead atoms. The summed E-state index contributed by atoms with van der Waals surface area (Å²) in [5.41, 5.74) is -0.398. The summed E-state index contributed by atoms with van der Waals surface area (Å²) in [6.45, 7) is 8.71. The zero-order valence-electron chi connectivity index (χ0n) is 7.26. The normalized spacial score (nSPS) is 9.18. The van der Waals surface area contributed by atoms with E-state index < -0.39 is 5.60 Å². The van der Waals surface area contributed by atoms with Gasteiger partial charge in [0.25, 0.3) is 0 Å². The average molecular weight is 160 g/mol. The molecule has 0 heterocycles. The molecule has 0 atom stereocenters. The molecule has 0 spiro atoms. The lowest BCUT2D eigenvalue weighted by molar-refractivity contribution is -0.148. The average Bonchev–Trinajstić information content (AvgIpc) is 1.89. The fourth-order valence-electron chi connectivity index (χ4n) is 0.343. The molecule has 0 saturated heterocycles. The molecule has 0 aliphatic rings. The minimum Gasteiger partial charge on any atom is -0.457 e. The van der Waals surface area contributed by atoms with E-state index in [1.807, 2.05) is 20.8 Å². The standard InChI is InChI=1S/C7H12O2.H4N2/c1-5-6(8)9-7(2,3)4;1-2/h5H,1H2,2-4H3;1-2H2. The summed E-state index contributed by atoms with van der Waals surface area (Å²) in [6.07, 6.45) is 1.16. The third-order valence-corrected chi connectivity index (χ3v) is 0.573. The van der Waals surface area contributed by atoms with Crippen LogP contribution in [0.25, 0.3) is 0 Å². The Balaban J connectivity index is 0. The topological polar surface area (TPSA) is 78.3 Å². The van der Waals surface area contributed by atoms with E-state index in [4.69, 9.17) is 4.74 Å². The molecule has 4 N–H and O–H groups in total. The molecule has 66 valence electrons. The van der Waals surface area contributed by atoms with Gasteiger partial charge in [-0.15, -0.1) is 0 Å². The quantitative estimate of drug-likeness (QED) is 0.251. The Kier molecular flexibility index (Phi) is 6.83. The molecule has 0 aromatic rings. The highest BCUT2D eigenvalue weighted by Gasteiger charge is 2.12. The first-order valence-corrected chi connectivity index (χ1v) is 3.14. The lowest BCUT2D eigenvalue weighted by Gasteiger charge is -2.17. The number of esters is 1. The molecule has 0 amide bonds. The van der Waals surface area contributed by atoms with Crippen LogP contribution in [-0.4, -0.2) is 11.6 Å². The smallest absolute Gasteiger partial charge is 0.330 e. The van der Waals surface area contributed by atoms with Crippen LogP contribution in [0.5, 0.6) is 0 Å². The summed E-state index contributed by atoms with van der Waals surface area (Å²) in [6, 6.07) is 0. The van der Waals surface area contributed by atoms with Gasteiger partial charge in [0.2, 0.25) is 0 Å². The van der Waals surface area contributed by atoms with Gasteiger partial charge in [0.05, 0.1) is 0 Å². The van der Waals surface area contributed by atoms with Crippen molar-refractivity contribution in [3.05, 3.63) is 12.7 Å². The largest absolute Gasteiger partial charge is 0.457 e. The summed E-state index contributed by atoms with van der Waals surface area (Å²) < 4.78 is 4.83. The number of nitrogens with two attached hydrogens (primary N) is 2. The van der Waals surface area contributed by atoms with E-state index in [9.17, 15) is 4.79 Å². The Labute approximate surface area is 67.2 Å². The van der Waals surface area contributed by atoms with E-state index in [0.717, 1.165) is 6.08 Å². The predicted molar refractivity (Wildman–Crippen MR) is 44.4 cm³/mol. The summed E-state index contributed by atoms with van der Waals surface area (Å²) in [5, 5.41) is 0. The van der Waals surface area contributed by atoms with Crippen LogP contribution >= 0.6 is 0 Å². The van der Waals surface area contributed by atoms with Crippen LogP contribution in [0.15, 0.2) is 12.7 Å². The second-order valence-electron chi connectivity index (χ2n) is 2.74. The Bertz CT molecular complexity index is 127. The van der Waals surface area contributed by atoms with Gasteiger partial charge in [-0.2, -0.15) is 0 Å². The summed E-state index contributed by atoms with van der Waals surface area (Å²) in [7, 11) is 0. The monoisotopic (exact) mass is 160 g/mol. The van der Waals surface area contributed by atoms with Crippen LogP contribution in [0.1, 0.15) is 20.8 Å². The number of carbonyl (C=O) groups is 1. The maximum absolute atomic E-state index is 10.5. The van der Waals surface area contributed by atoms with E-state index in [-0.39, 0.29) is 5.97 Å². The van der Waals surface area contributed by atoms with Gasteiger partial charge < -0.3 is 4.74 Å². The number of hydrogen-bond donors (Lipinski definition) is 2. The van der Waals surface area contributed by atoms with E-state index >= 15 is 0 Å². The van der Waals surface area contributed by atoms with Crippen molar-refractivity contribution in [3.63, 3.8) is 0 Å². The minimum atomic E-state index is -0.398. The molecule has 0 fully saturated rings. The van der Waals surface area contributed by atoms with Gasteiger partial charge in [0, 0.05) is 6.08 Å². The molecular weight excluding hydrogens is 144 g/mol. The Morgan fingerprint density at radius 2 is 1.82 bits per heavy atom. The van der Waals surface area contributed by atoms with Crippen molar-refractivity contribution in [1.82, 2.24) is 0 Å². The molecule has 0 saturated carbocycles. The van der Waals surface area contributed by atoms with E-state index in [0.29, 0.717) is 0 Å². The van der Waals surface area contributed by atoms with Crippen molar-refractivity contribution < 1.29 is 9.53 Å². The molecule has 11 heavy (non-hydrogen) atoms. The number of carbonyl (C=O) groups excluding carboxylic acids is 1. The Morgan fingerprint density at radius 3 is 1.91 bits per heavy atom. The predicted octanol–water partition coefficient (Wildman–Crippen LogP) is 0.333. The fourth-order valence-corrected chi connectivity index (χ4v) is 0.343. The Hall–Kier alpha value is -0.870. The van der Waals surface area contributed by atoms with Gasteiger partial charge in [-0.1, -0.05) is 6.58 Å². The van der Waals surface area contributed by atoms with Gasteiger partial charge in [-0.3, -0.25) is 11.7 Å². The molecular formula is C7H16N2O2. The lowest BCUT2D eigenvalue weighted by Crippen LogP contribution is -2.22. The highest BCUT2D eigenvalue weighted by molar-refractivity contribution is 5.81. The second kappa shape index (κ2) is 5.88. The van der Waals surface area contributed by atoms with Gasteiger partial charge in [-0.05, 0) is 20.8 Å². The number of ether oxygens (including phenoxy) is 1. The van der Waals surface area contributed by atoms with E-state index in [1.165, 1.54) is 0 Å². The van der Waals surface area contributed by atoms with Crippen molar-refractivity contribution in [2.75, 3.05) is 0 Å². The summed E-state index contributed by atoms with van der Waals surface area (Å²) >= 11 is 0. The Morgan fingerprint density at radius 1 is 1.45 bits per heavy atom. The minimum absolute atomic E-state index is 0.373. The fraction of sp³-hybridized carbons (Fsp3) is 0.571. The molecule has 0 unspecified atom stereocenters. The van der Waals surface area contributed by atoms with Crippen LogP contribution in [0.2, 0.25) is 0 Å². The van der Waals surface area contributed by atoms with Crippen molar-refractivity contribution in [1.29, 1.82) is 0 Å². The second-order valence-corrected chi connectivity index (χ2v) is 2.74. The molecule has 0 aromatic carbocycles. The molecule has 0 radical (unpaired) electrons. The van der Waals surface area contributed by atoms with E-state index in [2.05, 4.69) is 18.3 Å².